The van der Waals surface area contributed by atoms with Gasteiger partial charge in [-0.05, 0) is 37.3 Å². The van der Waals surface area contributed by atoms with E-state index in [0.29, 0.717) is 22.5 Å². The zero-order valence-electron chi connectivity index (χ0n) is 12.0. The van der Waals surface area contributed by atoms with Crippen LogP contribution in [-0.2, 0) is 9.84 Å². The summed E-state index contributed by atoms with van der Waals surface area (Å²) in [4.78, 5) is 0.405. The third kappa shape index (κ3) is 3.73. The van der Waals surface area contributed by atoms with Gasteiger partial charge in [0, 0.05) is 12.6 Å². The SMILES string of the molecule is CCS(=O)(=O)c1ccccc1NCC1CCCC(N)C1. The molecule has 0 radical (unpaired) electrons. The van der Waals surface area contributed by atoms with Gasteiger partial charge < -0.3 is 11.1 Å². The van der Waals surface area contributed by atoms with Gasteiger partial charge in [-0.15, -0.1) is 0 Å². The lowest BCUT2D eigenvalue weighted by atomic mass is 9.86. The monoisotopic (exact) mass is 296 g/mol. The summed E-state index contributed by atoms with van der Waals surface area (Å²) in [5, 5.41) is 3.31. The van der Waals surface area contributed by atoms with Crippen molar-refractivity contribution >= 4 is 15.5 Å². The summed E-state index contributed by atoms with van der Waals surface area (Å²) in [7, 11) is -3.18. The topological polar surface area (TPSA) is 72.2 Å². The molecule has 1 saturated carbocycles. The zero-order chi connectivity index (χ0) is 14.6. The van der Waals surface area contributed by atoms with Crippen molar-refractivity contribution in [2.45, 2.75) is 43.5 Å². The average molecular weight is 296 g/mol. The predicted octanol–water partition coefficient (Wildman–Crippen LogP) is 2.41. The minimum atomic E-state index is -3.18. The summed E-state index contributed by atoms with van der Waals surface area (Å²) in [6.45, 7) is 2.47. The van der Waals surface area contributed by atoms with Crippen LogP contribution in [0.5, 0.6) is 0 Å². The third-order valence-corrected chi connectivity index (χ3v) is 5.79. The second-order valence-corrected chi connectivity index (χ2v) is 7.82. The molecule has 0 aromatic heterocycles. The van der Waals surface area contributed by atoms with Crippen LogP contribution in [0, 0.1) is 5.92 Å². The van der Waals surface area contributed by atoms with Crippen molar-refractivity contribution in [1.82, 2.24) is 0 Å². The highest BCUT2D eigenvalue weighted by atomic mass is 32.2. The molecule has 0 amide bonds. The number of hydrogen-bond acceptors (Lipinski definition) is 4. The minimum absolute atomic E-state index is 0.125. The van der Waals surface area contributed by atoms with E-state index >= 15 is 0 Å². The Hall–Kier alpha value is -1.07. The molecule has 1 aliphatic rings. The molecule has 0 spiro atoms. The van der Waals surface area contributed by atoms with Crippen molar-refractivity contribution in [3.63, 3.8) is 0 Å². The van der Waals surface area contributed by atoms with Gasteiger partial charge in [-0.1, -0.05) is 25.5 Å². The number of nitrogens with two attached hydrogens (primary N) is 1. The third-order valence-electron chi connectivity index (χ3n) is 4.01. The highest BCUT2D eigenvalue weighted by Crippen LogP contribution is 2.26. The number of hydrogen-bond donors (Lipinski definition) is 2. The summed E-state index contributed by atoms with van der Waals surface area (Å²) in [6, 6.07) is 7.44. The molecule has 1 fully saturated rings. The number of rotatable bonds is 5. The lowest BCUT2D eigenvalue weighted by molar-refractivity contribution is 0.335. The largest absolute Gasteiger partial charge is 0.384 e. The Balaban J connectivity index is 2.06. The lowest BCUT2D eigenvalue weighted by Crippen LogP contribution is -2.31. The van der Waals surface area contributed by atoms with E-state index in [1.807, 2.05) is 12.1 Å². The zero-order valence-corrected chi connectivity index (χ0v) is 12.8. The molecule has 2 atom stereocenters. The van der Waals surface area contributed by atoms with Gasteiger partial charge in [-0.25, -0.2) is 8.42 Å². The number of anilines is 1. The van der Waals surface area contributed by atoms with Gasteiger partial charge in [0.15, 0.2) is 9.84 Å². The van der Waals surface area contributed by atoms with Crippen LogP contribution in [0.1, 0.15) is 32.6 Å². The fourth-order valence-corrected chi connectivity index (χ4v) is 3.88. The molecule has 20 heavy (non-hydrogen) atoms. The first kappa shape index (κ1) is 15.3. The molecule has 0 saturated heterocycles. The van der Waals surface area contributed by atoms with Crippen LogP contribution in [0.15, 0.2) is 29.2 Å². The van der Waals surface area contributed by atoms with E-state index in [1.54, 1.807) is 19.1 Å². The Bertz CT molecular complexity index is 543. The van der Waals surface area contributed by atoms with E-state index in [2.05, 4.69) is 5.32 Å². The normalized spacial score (nSPS) is 23.5. The van der Waals surface area contributed by atoms with Gasteiger partial charge in [0.2, 0.25) is 0 Å². The van der Waals surface area contributed by atoms with Crippen LogP contribution in [0.2, 0.25) is 0 Å². The summed E-state index contributed by atoms with van der Waals surface area (Å²) >= 11 is 0. The Labute approximate surface area is 121 Å². The van der Waals surface area contributed by atoms with Crippen molar-refractivity contribution in [1.29, 1.82) is 0 Å². The smallest absolute Gasteiger partial charge is 0.180 e. The molecule has 3 N–H and O–H groups in total. The molecule has 1 aliphatic carbocycles. The van der Waals surface area contributed by atoms with Crippen molar-refractivity contribution in [2.24, 2.45) is 11.7 Å². The van der Waals surface area contributed by atoms with Crippen molar-refractivity contribution < 1.29 is 8.42 Å². The highest BCUT2D eigenvalue weighted by Gasteiger charge is 2.20. The molecule has 0 bridgehead atoms. The molecule has 2 unspecified atom stereocenters. The number of benzene rings is 1. The van der Waals surface area contributed by atoms with Crippen LogP contribution in [-0.4, -0.2) is 26.8 Å². The summed E-state index contributed by atoms with van der Waals surface area (Å²) < 4.78 is 24.1. The van der Waals surface area contributed by atoms with E-state index in [4.69, 9.17) is 5.73 Å². The van der Waals surface area contributed by atoms with Crippen LogP contribution in [0.3, 0.4) is 0 Å². The summed E-state index contributed by atoms with van der Waals surface area (Å²) in [5.74, 6) is 0.663. The highest BCUT2D eigenvalue weighted by molar-refractivity contribution is 7.91. The molecular formula is C15H24N2O2S. The van der Waals surface area contributed by atoms with Crippen molar-refractivity contribution in [3.05, 3.63) is 24.3 Å². The van der Waals surface area contributed by atoms with Gasteiger partial charge in [0.25, 0.3) is 0 Å². The maximum Gasteiger partial charge on any atom is 0.180 e. The standard InChI is InChI=1S/C15H24N2O2S/c1-2-20(18,19)15-9-4-3-8-14(15)17-11-12-6-5-7-13(16)10-12/h3-4,8-9,12-13,17H,2,5-7,10-11,16H2,1H3. The second-order valence-electron chi connectivity index (χ2n) is 5.57. The fourth-order valence-electron chi connectivity index (χ4n) is 2.81. The first-order valence-electron chi connectivity index (χ1n) is 7.34. The van der Waals surface area contributed by atoms with Gasteiger partial charge in [-0.2, -0.15) is 0 Å². The van der Waals surface area contributed by atoms with Gasteiger partial charge in [0.1, 0.15) is 0 Å². The average Bonchev–Trinajstić information content (AvgIpc) is 2.45. The Morgan fingerprint density at radius 3 is 2.75 bits per heavy atom. The number of sulfone groups is 1. The maximum atomic E-state index is 12.1. The van der Waals surface area contributed by atoms with Crippen molar-refractivity contribution in [3.8, 4) is 0 Å². The Kier molecular flexibility index (Phi) is 5.05. The van der Waals surface area contributed by atoms with Crippen LogP contribution >= 0.6 is 0 Å². The molecule has 4 nitrogen and oxygen atoms in total. The molecule has 1 aromatic carbocycles. The van der Waals surface area contributed by atoms with E-state index in [9.17, 15) is 8.42 Å². The second kappa shape index (κ2) is 6.59. The Morgan fingerprint density at radius 2 is 2.05 bits per heavy atom. The molecule has 2 rings (SSSR count). The van der Waals surface area contributed by atoms with E-state index in [1.165, 1.54) is 12.8 Å². The Morgan fingerprint density at radius 1 is 1.30 bits per heavy atom. The molecule has 0 aliphatic heterocycles. The molecule has 0 heterocycles. The van der Waals surface area contributed by atoms with Gasteiger partial charge in [-0.3, -0.25) is 0 Å². The molecule has 112 valence electrons. The lowest BCUT2D eigenvalue weighted by Gasteiger charge is -2.27. The fraction of sp³-hybridized carbons (Fsp3) is 0.600. The first-order chi connectivity index (χ1) is 9.53. The summed E-state index contributed by atoms with van der Waals surface area (Å²) in [5.41, 5.74) is 6.71. The van der Waals surface area contributed by atoms with Crippen molar-refractivity contribution in [2.75, 3.05) is 17.6 Å². The van der Waals surface area contributed by atoms with Crippen LogP contribution in [0.4, 0.5) is 5.69 Å². The van der Waals surface area contributed by atoms with E-state index < -0.39 is 9.84 Å². The first-order valence-corrected chi connectivity index (χ1v) is 8.99. The van der Waals surface area contributed by atoms with E-state index in [0.717, 1.165) is 19.4 Å². The minimum Gasteiger partial charge on any atom is -0.384 e. The number of para-hydroxylation sites is 1. The van der Waals surface area contributed by atoms with Gasteiger partial charge >= 0.3 is 0 Å². The molecular weight excluding hydrogens is 272 g/mol. The van der Waals surface area contributed by atoms with Crippen LogP contribution < -0.4 is 11.1 Å². The van der Waals surface area contributed by atoms with E-state index in [-0.39, 0.29) is 5.75 Å². The molecule has 1 aromatic rings. The molecule has 5 heteroatoms. The quantitative estimate of drug-likeness (QED) is 0.875. The predicted molar refractivity (Wildman–Crippen MR) is 82.6 cm³/mol. The van der Waals surface area contributed by atoms with Crippen LogP contribution in [0.25, 0.3) is 0 Å². The summed E-state index contributed by atoms with van der Waals surface area (Å²) in [6.07, 6.45) is 4.47. The van der Waals surface area contributed by atoms with Gasteiger partial charge in [0.05, 0.1) is 16.3 Å². The maximum absolute atomic E-state index is 12.1. The number of nitrogens with one attached hydrogen (secondary N) is 1.